The Morgan fingerprint density at radius 3 is 1.91 bits per heavy atom. The zero-order valence-corrected chi connectivity index (χ0v) is 12.1. The van der Waals surface area contributed by atoms with Crippen molar-refractivity contribution in [3.8, 4) is 0 Å². The van der Waals surface area contributed by atoms with E-state index in [0.29, 0.717) is 0 Å². The first kappa shape index (κ1) is 21.2. The maximum atomic E-state index is 11.8. The van der Waals surface area contributed by atoms with Crippen molar-refractivity contribution in [3.05, 3.63) is 0 Å². The van der Waals surface area contributed by atoms with Gasteiger partial charge < -0.3 is 20.4 Å². The van der Waals surface area contributed by atoms with Crippen LogP contribution in [0.2, 0.25) is 0 Å². The number of hydroxylamine groups is 1. The van der Waals surface area contributed by atoms with Gasteiger partial charge in [-0.2, -0.15) is 26.6 Å². The fourth-order valence-corrected chi connectivity index (χ4v) is 1.84. The summed E-state index contributed by atoms with van der Waals surface area (Å²) in [6, 6.07) is -2.25. The highest BCUT2D eigenvalue weighted by Crippen LogP contribution is 2.19. The van der Waals surface area contributed by atoms with E-state index in [2.05, 4.69) is 8.47 Å². The van der Waals surface area contributed by atoms with E-state index >= 15 is 0 Å². The summed E-state index contributed by atoms with van der Waals surface area (Å²) in [6.07, 6.45) is -2.62. The van der Waals surface area contributed by atoms with Crippen LogP contribution in [0.5, 0.6) is 0 Å². The van der Waals surface area contributed by atoms with Crippen molar-refractivity contribution in [2.24, 2.45) is 0 Å². The number of carbonyl (C=O) groups is 1. The number of hydrogen-bond donors (Lipinski definition) is 7. The Labute approximate surface area is 123 Å². The number of carbonyl (C=O) groups excluding carboxylic acids is 1. The number of aliphatic hydroxyl groups excluding tert-OH is 3. The standard InChI is InChI=1S/C6H13NO13S2/c8-1-3(7-20-22(16,17)18)5(11)6(12,4(10)2-9)19-21(13,14)15/h3-4,7-10,12H,1-2H2,(H,13,14,15)(H,16,17,18)/t3-,4+,6-/m0/s1. The Bertz CT molecular complexity index is 584. The van der Waals surface area contributed by atoms with Gasteiger partial charge in [0.15, 0.2) is 0 Å². The molecule has 0 fully saturated rings. The van der Waals surface area contributed by atoms with Crippen LogP contribution < -0.4 is 5.48 Å². The molecule has 0 aliphatic rings. The van der Waals surface area contributed by atoms with Crippen LogP contribution in [-0.4, -0.2) is 83.3 Å². The fourth-order valence-electron chi connectivity index (χ4n) is 1.09. The molecule has 0 spiro atoms. The molecule has 0 aliphatic carbocycles. The molecule has 0 aliphatic heterocycles. The molecule has 0 saturated heterocycles. The van der Waals surface area contributed by atoms with Gasteiger partial charge in [0.25, 0.3) is 5.79 Å². The van der Waals surface area contributed by atoms with Crippen molar-refractivity contribution in [2.45, 2.75) is 17.9 Å². The first-order valence-electron chi connectivity index (χ1n) is 5.02. The average molecular weight is 371 g/mol. The minimum atomic E-state index is -5.53. The van der Waals surface area contributed by atoms with E-state index in [-0.39, 0.29) is 0 Å². The summed E-state index contributed by atoms with van der Waals surface area (Å²) in [6.45, 7) is -2.78. The number of hydrogen-bond acceptors (Lipinski definition) is 12. The minimum Gasteiger partial charge on any atom is -0.394 e. The summed E-state index contributed by atoms with van der Waals surface area (Å²) >= 11 is 0. The zero-order chi connectivity index (χ0) is 17.8. The quantitative estimate of drug-likeness (QED) is 0.108. The molecule has 22 heavy (non-hydrogen) atoms. The summed E-state index contributed by atoms with van der Waals surface area (Å²) in [5.41, 5.74) is 1.23. The lowest BCUT2D eigenvalue weighted by atomic mass is 10.0. The van der Waals surface area contributed by atoms with Crippen molar-refractivity contribution in [1.82, 2.24) is 5.48 Å². The number of ketones is 1. The van der Waals surface area contributed by atoms with Gasteiger partial charge in [-0.15, -0.1) is 0 Å². The average Bonchev–Trinajstić information content (AvgIpc) is 2.34. The molecule has 0 rings (SSSR count). The molecule has 132 valence electrons. The molecule has 14 nitrogen and oxygen atoms in total. The monoisotopic (exact) mass is 371 g/mol. The fraction of sp³-hybridized carbons (Fsp3) is 0.833. The summed E-state index contributed by atoms with van der Waals surface area (Å²) in [5, 5.41) is 36.4. The number of aliphatic hydroxyl groups is 4. The van der Waals surface area contributed by atoms with Gasteiger partial charge in [-0.25, -0.2) is 4.18 Å². The van der Waals surface area contributed by atoms with E-state index in [9.17, 15) is 31.8 Å². The maximum absolute atomic E-state index is 11.8. The van der Waals surface area contributed by atoms with Gasteiger partial charge in [0.05, 0.1) is 13.2 Å². The molecular weight excluding hydrogens is 358 g/mol. The Morgan fingerprint density at radius 2 is 1.59 bits per heavy atom. The van der Waals surface area contributed by atoms with Gasteiger partial charge in [0, 0.05) is 0 Å². The minimum absolute atomic E-state index is 1.23. The molecule has 7 N–H and O–H groups in total. The molecule has 0 aromatic carbocycles. The number of rotatable bonds is 10. The highest BCUT2D eigenvalue weighted by Gasteiger charge is 2.51. The highest BCUT2D eigenvalue weighted by atomic mass is 32.3. The van der Waals surface area contributed by atoms with Crippen molar-refractivity contribution in [2.75, 3.05) is 13.2 Å². The molecule has 0 saturated carbocycles. The molecule has 3 atom stereocenters. The molecular formula is C6H13NO13S2. The normalized spacial score (nSPS) is 18.5. The van der Waals surface area contributed by atoms with Crippen molar-refractivity contribution < 1.29 is 59.6 Å². The molecule has 0 radical (unpaired) electrons. The second-order valence-electron chi connectivity index (χ2n) is 3.63. The van der Waals surface area contributed by atoms with Gasteiger partial charge in [0.2, 0.25) is 5.78 Å². The third-order valence-electron chi connectivity index (χ3n) is 2.00. The topological polar surface area (TPSA) is 237 Å². The predicted octanol–water partition coefficient (Wildman–Crippen LogP) is -4.90. The molecule has 0 aromatic rings. The highest BCUT2D eigenvalue weighted by molar-refractivity contribution is 7.81. The van der Waals surface area contributed by atoms with Gasteiger partial charge in [-0.05, 0) is 0 Å². The Balaban J connectivity index is 5.48. The number of Topliss-reactive ketones (excluding diaryl/α,β-unsaturated/α-hetero) is 1. The smallest absolute Gasteiger partial charge is 0.394 e. The van der Waals surface area contributed by atoms with E-state index in [1.165, 1.54) is 5.48 Å². The molecule has 0 amide bonds. The van der Waals surface area contributed by atoms with Crippen LogP contribution >= 0.6 is 0 Å². The lowest BCUT2D eigenvalue weighted by Crippen LogP contribution is -2.61. The lowest BCUT2D eigenvalue weighted by Gasteiger charge is -2.30. The summed E-state index contributed by atoms with van der Waals surface area (Å²) in [7, 11) is -10.7. The molecule has 0 bridgehead atoms. The first-order valence-corrected chi connectivity index (χ1v) is 7.75. The van der Waals surface area contributed by atoms with Crippen LogP contribution in [0, 0.1) is 0 Å². The van der Waals surface area contributed by atoms with E-state index in [4.69, 9.17) is 19.3 Å². The predicted molar refractivity (Wildman–Crippen MR) is 62.3 cm³/mol. The lowest BCUT2D eigenvalue weighted by molar-refractivity contribution is -0.216. The van der Waals surface area contributed by atoms with E-state index in [1.807, 2.05) is 0 Å². The largest absolute Gasteiger partial charge is 0.413 e. The van der Waals surface area contributed by atoms with Crippen LogP contribution in [-0.2, 0) is 34.1 Å². The van der Waals surface area contributed by atoms with Crippen LogP contribution in [0.15, 0.2) is 0 Å². The zero-order valence-electron chi connectivity index (χ0n) is 10.4. The third kappa shape index (κ3) is 6.54. The SMILES string of the molecule is O=C([C@H](CO)NOS(=O)(=O)O)[C@@](O)(OS(=O)(=O)O)[C@H](O)CO. The van der Waals surface area contributed by atoms with Crippen molar-refractivity contribution >= 4 is 26.6 Å². The van der Waals surface area contributed by atoms with Crippen LogP contribution in [0.4, 0.5) is 0 Å². The van der Waals surface area contributed by atoms with Crippen LogP contribution in [0.25, 0.3) is 0 Å². The van der Waals surface area contributed by atoms with E-state index < -0.39 is 57.7 Å². The van der Waals surface area contributed by atoms with Gasteiger partial charge in [0.1, 0.15) is 12.1 Å². The van der Waals surface area contributed by atoms with E-state index in [0.717, 1.165) is 0 Å². The van der Waals surface area contributed by atoms with Gasteiger partial charge >= 0.3 is 20.8 Å². The van der Waals surface area contributed by atoms with Gasteiger partial charge in [-0.1, -0.05) is 0 Å². The Kier molecular flexibility index (Phi) is 7.38. The molecule has 0 heterocycles. The molecule has 16 heteroatoms. The number of nitrogens with one attached hydrogen (secondary N) is 1. The summed E-state index contributed by atoms with van der Waals surface area (Å²) in [4.78, 5) is 11.8. The van der Waals surface area contributed by atoms with Crippen molar-refractivity contribution in [3.63, 3.8) is 0 Å². The Hall–Kier alpha value is -0.790. The molecule has 0 aromatic heterocycles. The van der Waals surface area contributed by atoms with Gasteiger partial charge in [-0.3, -0.25) is 13.9 Å². The Morgan fingerprint density at radius 1 is 1.09 bits per heavy atom. The first-order chi connectivity index (χ1) is 9.77. The summed E-state index contributed by atoms with van der Waals surface area (Å²) < 4.78 is 65.6. The van der Waals surface area contributed by atoms with Crippen LogP contribution in [0.1, 0.15) is 0 Å². The van der Waals surface area contributed by atoms with Crippen molar-refractivity contribution in [1.29, 1.82) is 0 Å². The molecule has 0 unspecified atom stereocenters. The third-order valence-corrected chi connectivity index (χ3v) is 2.78. The second kappa shape index (κ2) is 7.66. The van der Waals surface area contributed by atoms with Crippen LogP contribution in [0.3, 0.4) is 0 Å². The maximum Gasteiger partial charge on any atom is 0.413 e. The van der Waals surface area contributed by atoms with E-state index in [1.54, 1.807) is 0 Å². The second-order valence-corrected chi connectivity index (χ2v) is 5.68. The summed E-state index contributed by atoms with van der Waals surface area (Å²) in [5.74, 6) is -5.76.